The van der Waals surface area contributed by atoms with Gasteiger partial charge in [-0.25, -0.2) is 18.7 Å². The fraction of sp³-hybridized carbons (Fsp3) is 0.312. The predicted molar refractivity (Wildman–Crippen MR) is 90.9 cm³/mol. The molecule has 1 saturated heterocycles. The van der Waals surface area contributed by atoms with Gasteiger partial charge in [0.2, 0.25) is 11.6 Å². The zero-order valence-electron chi connectivity index (χ0n) is 13.9. The van der Waals surface area contributed by atoms with E-state index in [2.05, 4.69) is 15.3 Å². The number of hydrogen-bond donors (Lipinski definition) is 2. The number of nitro groups is 1. The first kappa shape index (κ1) is 18.4. The zero-order chi connectivity index (χ0) is 19.6. The van der Waals surface area contributed by atoms with E-state index in [1.165, 1.54) is 0 Å². The van der Waals surface area contributed by atoms with Gasteiger partial charge in [0.1, 0.15) is 18.0 Å². The smallest absolute Gasteiger partial charge is 0.353 e. The molecule has 0 aliphatic carbocycles. The Bertz CT molecular complexity index is 867. The molecular weight excluding hydrogens is 364 g/mol. The van der Waals surface area contributed by atoms with Crippen molar-refractivity contribution >= 4 is 29.0 Å². The number of benzene rings is 1. The number of nitrogens with one attached hydrogen (secondary N) is 1. The van der Waals surface area contributed by atoms with Crippen LogP contribution in [0.15, 0.2) is 24.5 Å². The first-order chi connectivity index (χ1) is 12.8. The van der Waals surface area contributed by atoms with E-state index in [9.17, 15) is 23.7 Å². The highest BCUT2D eigenvalue weighted by Crippen LogP contribution is 2.35. The van der Waals surface area contributed by atoms with Crippen LogP contribution in [0.3, 0.4) is 0 Å². The monoisotopic (exact) mass is 379 g/mol. The number of anilines is 3. The van der Waals surface area contributed by atoms with Crippen molar-refractivity contribution in [2.24, 2.45) is 5.92 Å². The van der Waals surface area contributed by atoms with E-state index in [1.54, 1.807) is 4.90 Å². The minimum Gasteiger partial charge on any atom is -0.481 e. The van der Waals surface area contributed by atoms with Gasteiger partial charge in [-0.2, -0.15) is 0 Å². The SMILES string of the molecule is O=C(O)C1CCN(c2ncnc(Nc3cc(F)cc(F)c3)c2[N+](=O)[O-])CC1. The van der Waals surface area contributed by atoms with Gasteiger partial charge < -0.3 is 15.3 Å². The fourth-order valence-electron chi connectivity index (χ4n) is 2.96. The molecule has 1 aliphatic heterocycles. The molecule has 0 spiro atoms. The lowest BCUT2D eigenvalue weighted by molar-refractivity contribution is -0.383. The van der Waals surface area contributed by atoms with Gasteiger partial charge in [-0.15, -0.1) is 0 Å². The maximum absolute atomic E-state index is 13.4. The second-order valence-corrected chi connectivity index (χ2v) is 6.03. The number of aromatic nitrogens is 2. The van der Waals surface area contributed by atoms with Crippen LogP contribution in [0.2, 0.25) is 0 Å². The van der Waals surface area contributed by atoms with E-state index in [0.29, 0.717) is 18.9 Å². The van der Waals surface area contributed by atoms with E-state index in [4.69, 9.17) is 5.11 Å². The molecule has 1 fully saturated rings. The molecule has 11 heteroatoms. The van der Waals surface area contributed by atoms with Crippen LogP contribution in [-0.4, -0.2) is 39.1 Å². The molecule has 2 heterocycles. The summed E-state index contributed by atoms with van der Waals surface area (Å²) in [6, 6.07) is 2.64. The highest BCUT2D eigenvalue weighted by molar-refractivity contribution is 5.75. The number of carboxylic acid groups (broad SMARTS) is 1. The summed E-state index contributed by atoms with van der Waals surface area (Å²) in [4.78, 5) is 31.4. The molecule has 1 aromatic heterocycles. The Morgan fingerprint density at radius 2 is 1.85 bits per heavy atom. The van der Waals surface area contributed by atoms with Crippen LogP contribution < -0.4 is 10.2 Å². The van der Waals surface area contributed by atoms with Gasteiger partial charge in [-0.1, -0.05) is 0 Å². The molecule has 2 N–H and O–H groups in total. The lowest BCUT2D eigenvalue weighted by Crippen LogP contribution is -2.37. The minimum atomic E-state index is -0.901. The van der Waals surface area contributed by atoms with Crippen LogP contribution in [0.4, 0.5) is 31.8 Å². The van der Waals surface area contributed by atoms with E-state index in [0.717, 1.165) is 18.5 Å². The second-order valence-electron chi connectivity index (χ2n) is 6.03. The van der Waals surface area contributed by atoms with Crippen LogP contribution in [0.25, 0.3) is 0 Å². The summed E-state index contributed by atoms with van der Waals surface area (Å²) in [5.74, 6) is -3.28. The maximum Gasteiger partial charge on any atom is 0.353 e. The number of rotatable bonds is 5. The topological polar surface area (TPSA) is 121 Å². The van der Waals surface area contributed by atoms with E-state index in [-0.39, 0.29) is 30.4 Å². The standard InChI is InChI=1S/C16H15F2N5O4/c17-10-5-11(18)7-12(6-10)21-14-13(23(26)27)15(20-8-19-14)22-3-1-9(2-4-22)16(24)25/h5-9H,1-4H2,(H,24,25)(H,19,20,21). The van der Waals surface area contributed by atoms with Gasteiger partial charge in [0.15, 0.2) is 0 Å². The summed E-state index contributed by atoms with van der Waals surface area (Å²) in [6.45, 7) is 0.561. The molecule has 9 nitrogen and oxygen atoms in total. The van der Waals surface area contributed by atoms with Crippen molar-refractivity contribution in [3.8, 4) is 0 Å². The third-order valence-electron chi connectivity index (χ3n) is 4.25. The normalized spacial score (nSPS) is 14.8. The quantitative estimate of drug-likeness (QED) is 0.601. The van der Waals surface area contributed by atoms with Crippen LogP contribution in [0.1, 0.15) is 12.8 Å². The molecule has 3 rings (SSSR count). The van der Waals surface area contributed by atoms with Crippen molar-refractivity contribution in [3.05, 3.63) is 46.3 Å². The van der Waals surface area contributed by atoms with Crippen molar-refractivity contribution in [2.75, 3.05) is 23.3 Å². The Kier molecular flexibility index (Phi) is 5.10. The molecule has 0 unspecified atom stereocenters. The first-order valence-electron chi connectivity index (χ1n) is 8.05. The number of halogens is 2. The van der Waals surface area contributed by atoms with Crippen molar-refractivity contribution < 1.29 is 23.6 Å². The molecule has 142 valence electrons. The molecule has 0 saturated carbocycles. The molecule has 0 radical (unpaired) electrons. The summed E-state index contributed by atoms with van der Waals surface area (Å²) in [6.07, 6.45) is 1.76. The number of carboxylic acids is 1. The first-order valence-corrected chi connectivity index (χ1v) is 8.05. The third kappa shape index (κ3) is 4.07. The number of nitrogens with zero attached hydrogens (tertiary/aromatic N) is 4. The van der Waals surface area contributed by atoms with E-state index < -0.39 is 34.1 Å². The van der Waals surface area contributed by atoms with Gasteiger partial charge in [0.05, 0.1) is 10.8 Å². The van der Waals surface area contributed by atoms with E-state index in [1.807, 2.05) is 0 Å². The summed E-state index contributed by atoms with van der Waals surface area (Å²) >= 11 is 0. The average molecular weight is 379 g/mol. The molecule has 2 aromatic rings. The average Bonchev–Trinajstić information content (AvgIpc) is 2.60. The minimum absolute atomic E-state index is 0.0261. The second kappa shape index (κ2) is 7.48. The van der Waals surface area contributed by atoms with Gasteiger partial charge in [0, 0.05) is 24.8 Å². The zero-order valence-corrected chi connectivity index (χ0v) is 13.9. The van der Waals surface area contributed by atoms with Crippen molar-refractivity contribution in [2.45, 2.75) is 12.8 Å². The molecule has 0 atom stereocenters. The largest absolute Gasteiger partial charge is 0.481 e. The van der Waals surface area contributed by atoms with Crippen LogP contribution >= 0.6 is 0 Å². The highest BCUT2D eigenvalue weighted by Gasteiger charge is 2.31. The summed E-state index contributed by atoms with van der Waals surface area (Å²) in [7, 11) is 0. The molecule has 1 aliphatic rings. The lowest BCUT2D eigenvalue weighted by atomic mass is 9.97. The van der Waals surface area contributed by atoms with Gasteiger partial charge in [-0.3, -0.25) is 14.9 Å². The Morgan fingerprint density at radius 1 is 1.22 bits per heavy atom. The number of carbonyl (C=O) groups is 1. The maximum atomic E-state index is 13.4. The van der Waals surface area contributed by atoms with Gasteiger partial charge >= 0.3 is 11.7 Å². The lowest BCUT2D eigenvalue weighted by Gasteiger charge is -2.30. The third-order valence-corrected chi connectivity index (χ3v) is 4.25. The Labute approximate surface area is 151 Å². The van der Waals surface area contributed by atoms with E-state index >= 15 is 0 Å². The van der Waals surface area contributed by atoms with Crippen LogP contribution in [0, 0.1) is 27.7 Å². The van der Waals surface area contributed by atoms with Crippen LogP contribution in [-0.2, 0) is 4.79 Å². The predicted octanol–water partition coefficient (Wildman–Crippen LogP) is 2.71. The van der Waals surface area contributed by atoms with Crippen LogP contribution in [0.5, 0.6) is 0 Å². The summed E-state index contributed by atoms with van der Waals surface area (Å²) in [5.41, 5.74) is -0.485. The van der Waals surface area contributed by atoms with Crippen molar-refractivity contribution in [1.29, 1.82) is 0 Å². The Hall–Kier alpha value is -3.37. The fourth-order valence-corrected chi connectivity index (χ4v) is 2.96. The Balaban J connectivity index is 1.91. The van der Waals surface area contributed by atoms with Crippen molar-refractivity contribution in [3.63, 3.8) is 0 Å². The summed E-state index contributed by atoms with van der Waals surface area (Å²) < 4.78 is 26.7. The highest BCUT2D eigenvalue weighted by atomic mass is 19.1. The Morgan fingerprint density at radius 3 is 2.41 bits per heavy atom. The number of aliphatic carboxylic acids is 1. The number of piperidine rings is 1. The van der Waals surface area contributed by atoms with Gasteiger partial charge in [0.25, 0.3) is 0 Å². The molecule has 0 bridgehead atoms. The number of hydrogen-bond acceptors (Lipinski definition) is 7. The molecule has 1 aromatic carbocycles. The summed E-state index contributed by atoms with van der Waals surface area (Å²) in [5, 5.41) is 23.2. The molecule has 27 heavy (non-hydrogen) atoms. The molecular formula is C16H15F2N5O4. The van der Waals surface area contributed by atoms with Gasteiger partial charge in [-0.05, 0) is 25.0 Å². The molecule has 0 amide bonds. The van der Waals surface area contributed by atoms with Crippen molar-refractivity contribution in [1.82, 2.24) is 9.97 Å².